The first-order chi connectivity index (χ1) is 11.4. The number of anilines is 1. The van der Waals surface area contributed by atoms with Crippen molar-refractivity contribution in [1.82, 2.24) is 10.1 Å². The fraction of sp³-hybridized carbons (Fsp3) is 0.0625. The average molecular weight is 344 g/mol. The fourth-order valence-electron chi connectivity index (χ4n) is 1.94. The summed E-state index contributed by atoms with van der Waals surface area (Å²) in [5.74, 6) is 3.91. The van der Waals surface area contributed by atoms with Gasteiger partial charge in [0, 0.05) is 12.7 Å². The number of rotatable bonds is 3. The minimum absolute atomic E-state index is 0.0261. The Bertz CT molecular complexity index is 767. The van der Waals surface area contributed by atoms with Gasteiger partial charge in [-0.15, -0.1) is 0 Å². The molecule has 0 radical (unpaired) electrons. The summed E-state index contributed by atoms with van der Waals surface area (Å²) in [6, 6.07) is 15.0. The maximum atomic E-state index is 12.5. The Morgan fingerprint density at radius 1 is 1.04 bits per heavy atom. The molecule has 0 fully saturated rings. The number of carbonyl (C=O) groups excluding carboxylic acids is 1. The van der Waals surface area contributed by atoms with Gasteiger partial charge in [0.1, 0.15) is 0 Å². The van der Waals surface area contributed by atoms with Crippen LogP contribution in [-0.2, 0) is 0 Å². The van der Waals surface area contributed by atoms with E-state index in [1.54, 1.807) is 6.07 Å². The van der Waals surface area contributed by atoms with Gasteiger partial charge in [-0.2, -0.15) is 5.12 Å². The summed E-state index contributed by atoms with van der Waals surface area (Å²) in [7, 11) is 1.50. The van der Waals surface area contributed by atoms with Gasteiger partial charge < -0.3 is 10.4 Å². The molecule has 1 amide bonds. The van der Waals surface area contributed by atoms with Crippen LogP contribution >= 0.6 is 12.2 Å². The number of carboxylic acid groups (broad SMARTS) is 1. The highest BCUT2D eigenvalue weighted by Crippen LogP contribution is 2.12. The number of hydrazine groups is 2. The molecule has 0 saturated heterocycles. The molecule has 0 aliphatic carbocycles. The van der Waals surface area contributed by atoms with E-state index in [4.69, 9.17) is 18.1 Å². The van der Waals surface area contributed by atoms with Gasteiger partial charge in [-0.05, 0) is 36.5 Å². The summed E-state index contributed by atoms with van der Waals surface area (Å²) < 4.78 is 0. The summed E-state index contributed by atoms with van der Waals surface area (Å²) in [6.45, 7) is 0. The van der Waals surface area contributed by atoms with Crippen LogP contribution in [0.15, 0.2) is 54.6 Å². The molecular weight excluding hydrogens is 328 g/mol. The predicted octanol–water partition coefficient (Wildman–Crippen LogP) is 1.94. The molecule has 4 N–H and O–H groups in total. The molecule has 0 aliphatic heterocycles. The van der Waals surface area contributed by atoms with Crippen LogP contribution < -0.4 is 11.2 Å². The summed E-state index contributed by atoms with van der Waals surface area (Å²) in [6.07, 6.45) is 0. The van der Waals surface area contributed by atoms with E-state index >= 15 is 0 Å². The number of amides is 1. The van der Waals surface area contributed by atoms with E-state index < -0.39 is 11.9 Å². The predicted molar refractivity (Wildman–Crippen MR) is 94.2 cm³/mol. The van der Waals surface area contributed by atoms with Crippen molar-refractivity contribution in [2.45, 2.75) is 0 Å². The molecule has 2 aromatic carbocycles. The number of nitrogens with two attached hydrogens (primary N) is 1. The number of hydrogen-bond acceptors (Lipinski definition) is 4. The summed E-state index contributed by atoms with van der Waals surface area (Å²) in [4.78, 5) is 23.7. The van der Waals surface area contributed by atoms with Crippen LogP contribution in [0.4, 0.5) is 5.69 Å². The Balaban J connectivity index is 2.15. The average Bonchev–Trinajstić information content (AvgIpc) is 2.60. The number of para-hydroxylation sites is 1. The third kappa shape index (κ3) is 3.86. The maximum absolute atomic E-state index is 12.5. The number of carboxylic acids is 1. The van der Waals surface area contributed by atoms with Crippen molar-refractivity contribution in [1.29, 1.82) is 0 Å². The SMILES string of the molecule is CN(C(=S)Nc1ccccc1)N(N)C(=O)c1ccccc1C(=O)O. The Labute approximate surface area is 144 Å². The Kier molecular flexibility index (Phi) is 5.46. The lowest BCUT2D eigenvalue weighted by atomic mass is 10.1. The van der Waals surface area contributed by atoms with Gasteiger partial charge in [0.15, 0.2) is 5.11 Å². The molecule has 24 heavy (non-hydrogen) atoms. The van der Waals surface area contributed by atoms with Crippen LogP contribution in [-0.4, -0.2) is 39.3 Å². The number of hydrogen-bond donors (Lipinski definition) is 3. The zero-order valence-corrected chi connectivity index (χ0v) is 13.7. The van der Waals surface area contributed by atoms with Crippen LogP contribution in [0, 0.1) is 0 Å². The fourth-order valence-corrected chi connectivity index (χ4v) is 2.15. The normalized spacial score (nSPS) is 9.92. The molecule has 7 nitrogen and oxygen atoms in total. The van der Waals surface area contributed by atoms with Crippen LogP contribution in [0.25, 0.3) is 0 Å². The van der Waals surface area contributed by atoms with E-state index in [9.17, 15) is 14.7 Å². The van der Waals surface area contributed by atoms with Crippen molar-refractivity contribution >= 4 is 34.9 Å². The van der Waals surface area contributed by atoms with Crippen LogP contribution in [0.2, 0.25) is 0 Å². The second kappa shape index (κ2) is 7.53. The van der Waals surface area contributed by atoms with Gasteiger partial charge >= 0.3 is 5.97 Å². The van der Waals surface area contributed by atoms with E-state index in [1.165, 1.54) is 30.3 Å². The summed E-state index contributed by atoms with van der Waals surface area (Å²) in [5, 5.41) is 14.3. The number of carbonyl (C=O) groups is 2. The first-order valence-electron chi connectivity index (χ1n) is 6.93. The molecule has 0 unspecified atom stereocenters. The molecule has 2 aromatic rings. The Morgan fingerprint density at radius 2 is 1.58 bits per heavy atom. The number of nitrogens with one attached hydrogen (secondary N) is 1. The minimum Gasteiger partial charge on any atom is -0.478 e. The molecule has 0 bridgehead atoms. The minimum atomic E-state index is -1.21. The molecular formula is C16H16N4O3S. The standard InChI is InChI=1S/C16H16N4O3S/c1-19(16(24)18-11-7-3-2-4-8-11)20(17)14(21)12-9-5-6-10-13(12)15(22)23/h2-10H,17H2,1H3,(H,18,24)(H,22,23). The lowest BCUT2D eigenvalue weighted by Crippen LogP contribution is -2.53. The van der Waals surface area contributed by atoms with Gasteiger partial charge in [0.05, 0.1) is 11.1 Å². The first-order valence-corrected chi connectivity index (χ1v) is 7.33. The van der Waals surface area contributed by atoms with E-state index in [-0.39, 0.29) is 16.2 Å². The Hall–Kier alpha value is -2.97. The molecule has 0 saturated carbocycles. The number of nitrogens with zero attached hydrogens (tertiary/aromatic N) is 2. The van der Waals surface area contributed by atoms with Crippen LogP contribution in [0.1, 0.15) is 20.7 Å². The van der Waals surface area contributed by atoms with Crippen molar-refractivity contribution < 1.29 is 14.7 Å². The van der Waals surface area contributed by atoms with E-state index in [1.807, 2.05) is 30.3 Å². The molecule has 2 rings (SSSR count). The lowest BCUT2D eigenvalue weighted by Gasteiger charge is -2.29. The molecule has 124 valence electrons. The van der Waals surface area contributed by atoms with Crippen molar-refractivity contribution in [2.24, 2.45) is 5.84 Å². The van der Waals surface area contributed by atoms with Crippen molar-refractivity contribution in [3.05, 3.63) is 65.7 Å². The zero-order chi connectivity index (χ0) is 17.7. The topological polar surface area (TPSA) is 98.9 Å². The van der Waals surface area contributed by atoms with Crippen LogP contribution in [0.5, 0.6) is 0 Å². The highest BCUT2D eigenvalue weighted by atomic mass is 32.1. The third-order valence-electron chi connectivity index (χ3n) is 3.24. The monoisotopic (exact) mass is 344 g/mol. The van der Waals surface area contributed by atoms with Gasteiger partial charge in [-0.1, -0.05) is 30.3 Å². The highest BCUT2D eigenvalue weighted by molar-refractivity contribution is 7.80. The maximum Gasteiger partial charge on any atom is 0.336 e. The smallest absolute Gasteiger partial charge is 0.336 e. The van der Waals surface area contributed by atoms with Crippen molar-refractivity contribution in [3.8, 4) is 0 Å². The van der Waals surface area contributed by atoms with Gasteiger partial charge in [-0.25, -0.2) is 15.6 Å². The molecule has 0 aliphatic rings. The summed E-state index contributed by atoms with van der Waals surface area (Å²) >= 11 is 5.21. The van der Waals surface area contributed by atoms with E-state index in [0.29, 0.717) is 0 Å². The quantitative estimate of drug-likeness (QED) is 0.339. The Morgan fingerprint density at radius 3 is 2.17 bits per heavy atom. The lowest BCUT2D eigenvalue weighted by molar-refractivity contribution is 0.0386. The largest absolute Gasteiger partial charge is 0.478 e. The van der Waals surface area contributed by atoms with E-state index in [0.717, 1.165) is 10.8 Å². The second-order valence-corrected chi connectivity index (χ2v) is 5.21. The molecule has 0 aromatic heterocycles. The molecule has 0 heterocycles. The van der Waals surface area contributed by atoms with Gasteiger partial charge in [0.25, 0.3) is 5.91 Å². The summed E-state index contributed by atoms with van der Waals surface area (Å²) in [5.41, 5.74) is 0.580. The highest BCUT2D eigenvalue weighted by Gasteiger charge is 2.23. The third-order valence-corrected chi connectivity index (χ3v) is 3.60. The first kappa shape index (κ1) is 17.4. The molecule has 0 atom stereocenters. The van der Waals surface area contributed by atoms with Crippen molar-refractivity contribution in [2.75, 3.05) is 12.4 Å². The molecule has 0 spiro atoms. The number of aromatic carboxylic acids is 1. The number of benzene rings is 2. The van der Waals surface area contributed by atoms with Gasteiger partial charge in [-0.3, -0.25) is 4.79 Å². The number of thiocarbonyl (C=S) groups is 1. The van der Waals surface area contributed by atoms with E-state index in [2.05, 4.69) is 5.32 Å². The molecule has 8 heteroatoms. The van der Waals surface area contributed by atoms with Crippen molar-refractivity contribution in [3.63, 3.8) is 0 Å². The zero-order valence-electron chi connectivity index (χ0n) is 12.8. The second-order valence-electron chi connectivity index (χ2n) is 4.82. The van der Waals surface area contributed by atoms with Gasteiger partial charge in [0.2, 0.25) is 0 Å². The van der Waals surface area contributed by atoms with Crippen LogP contribution in [0.3, 0.4) is 0 Å².